The van der Waals surface area contributed by atoms with Gasteiger partial charge in [0, 0.05) is 11.8 Å². The third-order valence-corrected chi connectivity index (χ3v) is 3.17. The molecule has 0 radical (unpaired) electrons. The summed E-state index contributed by atoms with van der Waals surface area (Å²) in [6.45, 7) is 0.973. The third-order valence-electron chi connectivity index (χ3n) is 3.17. The van der Waals surface area contributed by atoms with Crippen LogP contribution in [0.5, 0.6) is 11.5 Å². The van der Waals surface area contributed by atoms with Crippen LogP contribution in [-0.2, 0) is 11.2 Å². The van der Waals surface area contributed by atoms with Crippen molar-refractivity contribution in [2.75, 3.05) is 18.5 Å². The lowest BCUT2D eigenvalue weighted by atomic mass is 10.1. The molecule has 0 atom stereocenters. The van der Waals surface area contributed by atoms with Crippen LogP contribution in [0.1, 0.15) is 5.56 Å². The number of halogens is 2. The molecule has 1 aliphatic heterocycles. The topological polar surface area (TPSA) is 47.6 Å². The number of amides is 1. The molecule has 0 fully saturated rings. The molecular formula is C16H13F2NO3. The van der Waals surface area contributed by atoms with Crippen molar-refractivity contribution in [2.24, 2.45) is 0 Å². The van der Waals surface area contributed by atoms with Gasteiger partial charge in [-0.15, -0.1) is 0 Å². The summed E-state index contributed by atoms with van der Waals surface area (Å²) in [4.78, 5) is 11.9. The Labute approximate surface area is 125 Å². The van der Waals surface area contributed by atoms with E-state index in [9.17, 15) is 13.6 Å². The average molecular weight is 305 g/mol. The number of rotatable bonds is 3. The third kappa shape index (κ3) is 3.16. The second-order valence-electron chi connectivity index (χ2n) is 4.83. The zero-order valence-corrected chi connectivity index (χ0v) is 11.6. The summed E-state index contributed by atoms with van der Waals surface area (Å²) in [6.07, 6.45) is 0.0929. The van der Waals surface area contributed by atoms with E-state index in [1.54, 1.807) is 18.2 Å². The van der Waals surface area contributed by atoms with Crippen LogP contribution in [0.15, 0.2) is 36.4 Å². The first-order chi connectivity index (χ1) is 10.6. The SMILES string of the molecule is O=C(Cc1ccc2c(c1)OCCO2)Nc1ccc(F)c(F)c1. The van der Waals surface area contributed by atoms with Crippen molar-refractivity contribution in [2.45, 2.75) is 6.42 Å². The van der Waals surface area contributed by atoms with Crippen molar-refractivity contribution in [1.29, 1.82) is 0 Å². The molecule has 1 N–H and O–H groups in total. The molecule has 1 heterocycles. The molecule has 3 rings (SSSR count). The molecule has 22 heavy (non-hydrogen) atoms. The van der Waals surface area contributed by atoms with Crippen LogP contribution < -0.4 is 14.8 Å². The van der Waals surface area contributed by atoms with Crippen LogP contribution in [0.25, 0.3) is 0 Å². The number of ether oxygens (including phenoxy) is 2. The van der Waals surface area contributed by atoms with E-state index in [-0.39, 0.29) is 18.0 Å². The first kappa shape index (κ1) is 14.3. The summed E-state index contributed by atoms with van der Waals surface area (Å²) in [6, 6.07) is 8.46. The predicted molar refractivity (Wildman–Crippen MR) is 76.1 cm³/mol. The highest BCUT2D eigenvalue weighted by atomic mass is 19.2. The van der Waals surface area contributed by atoms with Crippen molar-refractivity contribution in [3.63, 3.8) is 0 Å². The fourth-order valence-corrected chi connectivity index (χ4v) is 2.16. The number of benzene rings is 2. The molecule has 2 aromatic carbocycles. The molecule has 1 aliphatic rings. The molecule has 0 aromatic heterocycles. The Hall–Kier alpha value is -2.63. The lowest BCUT2D eigenvalue weighted by Crippen LogP contribution is -2.17. The largest absolute Gasteiger partial charge is 0.486 e. The van der Waals surface area contributed by atoms with Gasteiger partial charge in [-0.1, -0.05) is 6.07 Å². The van der Waals surface area contributed by atoms with Gasteiger partial charge in [-0.25, -0.2) is 8.78 Å². The van der Waals surface area contributed by atoms with Crippen LogP contribution in [0.4, 0.5) is 14.5 Å². The smallest absolute Gasteiger partial charge is 0.228 e. The normalized spacial score (nSPS) is 12.8. The zero-order valence-electron chi connectivity index (χ0n) is 11.6. The van der Waals surface area contributed by atoms with Gasteiger partial charge in [0.1, 0.15) is 13.2 Å². The van der Waals surface area contributed by atoms with Crippen molar-refractivity contribution >= 4 is 11.6 Å². The first-order valence-corrected chi connectivity index (χ1v) is 6.75. The Kier molecular flexibility index (Phi) is 3.91. The second kappa shape index (κ2) is 6.01. The molecule has 0 spiro atoms. The molecule has 6 heteroatoms. The number of nitrogens with one attached hydrogen (secondary N) is 1. The molecule has 0 saturated heterocycles. The van der Waals surface area contributed by atoms with Crippen molar-refractivity contribution in [3.8, 4) is 11.5 Å². The van der Waals surface area contributed by atoms with Crippen LogP contribution in [0.3, 0.4) is 0 Å². The fraction of sp³-hybridized carbons (Fsp3) is 0.188. The van der Waals surface area contributed by atoms with Gasteiger partial charge in [0.25, 0.3) is 0 Å². The quantitative estimate of drug-likeness (QED) is 0.948. The summed E-state index contributed by atoms with van der Waals surface area (Å²) in [5.41, 5.74) is 0.950. The Morgan fingerprint density at radius 2 is 1.77 bits per heavy atom. The lowest BCUT2D eigenvalue weighted by molar-refractivity contribution is -0.115. The molecule has 1 amide bonds. The van der Waals surface area contributed by atoms with E-state index >= 15 is 0 Å². The minimum Gasteiger partial charge on any atom is -0.486 e. The number of fused-ring (bicyclic) bond motifs is 1. The van der Waals surface area contributed by atoms with Crippen molar-refractivity contribution in [1.82, 2.24) is 0 Å². The summed E-state index contributed by atoms with van der Waals surface area (Å²) < 4.78 is 36.8. The maximum Gasteiger partial charge on any atom is 0.228 e. The van der Waals surface area contributed by atoms with E-state index in [0.717, 1.165) is 17.7 Å². The molecule has 0 aliphatic carbocycles. The first-order valence-electron chi connectivity index (χ1n) is 6.75. The number of carbonyl (C=O) groups is 1. The second-order valence-corrected chi connectivity index (χ2v) is 4.83. The minimum atomic E-state index is -1.00. The number of anilines is 1. The predicted octanol–water partition coefficient (Wildman–Crippen LogP) is 2.92. The van der Waals surface area contributed by atoms with Crippen LogP contribution in [0, 0.1) is 11.6 Å². The standard InChI is InChI=1S/C16H13F2NO3/c17-12-3-2-11(9-13(12)18)19-16(20)8-10-1-4-14-15(7-10)22-6-5-21-14/h1-4,7,9H,5-6,8H2,(H,19,20). The highest BCUT2D eigenvalue weighted by Gasteiger charge is 2.13. The van der Waals surface area contributed by atoms with Crippen LogP contribution >= 0.6 is 0 Å². The van der Waals surface area contributed by atoms with E-state index in [1.165, 1.54) is 6.07 Å². The van der Waals surface area contributed by atoms with Gasteiger partial charge in [0.05, 0.1) is 6.42 Å². The Morgan fingerprint density at radius 1 is 1.00 bits per heavy atom. The maximum atomic E-state index is 13.1. The van der Waals surface area contributed by atoms with E-state index < -0.39 is 11.6 Å². The zero-order chi connectivity index (χ0) is 15.5. The van der Waals surface area contributed by atoms with Gasteiger partial charge in [0.15, 0.2) is 23.1 Å². The van der Waals surface area contributed by atoms with Crippen LogP contribution in [-0.4, -0.2) is 19.1 Å². The molecule has 0 unspecified atom stereocenters. The minimum absolute atomic E-state index is 0.0929. The molecule has 0 bridgehead atoms. The molecule has 4 nitrogen and oxygen atoms in total. The van der Waals surface area contributed by atoms with E-state index in [2.05, 4.69) is 5.32 Å². The fourth-order valence-electron chi connectivity index (χ4n) is 2.16. The molecular weight excluding hydrogens is 292 g/mol. The Bertz CT molecular complexity index is 719. The van der Waals surface area contributed by atoms with Gasteiger partial charge < -0.3 is 14.8 Å². The average Bonchev–Trinajstić information content (AvgIpc) is 2.51. The van der Waals surface area contributed by atoms with E-state index in [1.807, 2.05) is 0 Å². The van der Waals surface area contributed by atoms with Gasteiger partial charge in [-0.2, -0.15) is 0 Å². The summed E-state index contributed by atoms with van der Waals surface area (Å²) >= 11 is 0. The molecule has 114 valence electrons. The summed E-state index contributed by atoms with van der Waals surface area (Å²) in [5, 5.41) is 2.52. The van der Waals surface area contributed by atoms with Crippen LogP contribution in [0.2, 0.25) is 0 Å². The Morgan fingerprint density at radius 3 is 2.55 bits per heavy atom. The summed E-state index contributed by atoms with van der Waals surface area (Å²) in [5.74, 6) is -1.04. The van der Waals surface area contributed by atoms with E-state index in [0.29, 0.717) is 24.7 Å². The number of hydrogen-bond donors (Lipinski definition) is 1. The van der Waals surface area contributed by atoms with Gasteiger partial charge in [0.2, 0.25) is 5.91 Å². The highest BCUT2D eigenvalue weighted by Crippen LogP contribution is 2.30. The van der Waals surface area contributed by atoms with E-state index in [4.69, 9.17) is 9.47 Å². The lowest BCUT2D eigenvalue weighted by Gasteiger charge is -2.18. The highest BCUT2D eigenvalue weighted by molar-refractivity contribution is 5.92. The maximum absolute atomic E-state index is 13.1. The van der Waals surface area contributed by atoms with Crippen molar-refractivity contribution in [3.05, 3.63) is 53.6 Å². The van der Waals surface area contributed by atoms with Gasteiger partial charge >= 0.3 is 0 Å². The number of hydrogen-bond acceptors (Lipinski definition) is 3. The monoisotopic (exact) mass is 305 g/mol. The summed E-state index contributed by atoms with van der Waals surface area (Å²) in [7, 11) is 0. The Balaban J connectivity index is 1.67. The molecule has 2 aromatic rings. The number of carbonyl (C=O) groups excluding carboxylic acids is 1. The molecule has 0 saturated carbocycles. The van der Waals surface area contributed by atoms with Gasteiger partial charge in [-0.05, 0) is 29.8 Å². The van der Waals surface area contributed by atoms with Gasteiger partial charge in [-0.3, -0.25) is 4.79 Å². The van der Waals surface area contributed by atoms with Crippen molar-refractivity contribution < 1.29 is 23.0 Å².